The molecular weight excluding hydrogens is 551 g/mol. The summed E-state index contributed by atoms with van der Waals surface area (Å²) >= 11 is 0. The summed E-state index contributed by atoms with van der Waals surface area (Å²) in [5, 5.41) is 19.3. The van der Waals surface area contributed by atoms with Gasteiger partial charge in [-0.05, 0) is 67.8 Å². The lowest BCUT2D eigenvalue weighted by molar-refractivity contribution is -0.138. The molecule has 10 nitrogen and oxygen atoms in total. The van der Waals surface area contributed by atoms with Crippen molar-refractivity contribution in [3.63, 3.8) is 0 Å². The topological polar surface area (TPSA) is 119 Å². The molecule has 1 fully saturated rings. The largest absolute Gasteiger partial charge is 0.466 e. The fraction of sp³-hybridized carbons (Fsp3) is 0.379. The van der Waals surface area contributed by atoms with Crippen molar-refractivity contribution in [1.29, 1.82) is 5.26 Å². The SMILES string of the molecule is CNCC1CN(CCc2cc(C#N)ccc2[C@@H]2C(C(=O)OC)=C(C)N(c3cccc(C(F)(F)F)c3)c3n[nH]c(=O)n32)C1. The Kier molecular flexibility index (Phi) is 7.94. The molecule has 1 saturated heterocycles. The summed E-state index contributed by atoms with van der Waals surface area (Å²) in [6.07, 6.45) is -4.07. The first-order valence-electron chi connectivity index (χ1n) is 13.4. The number of hydrogen-bond donors (Lipinski definition) is 2. The fourth-order valence-corrected chi connectivity index (χ4v) is 5.79. The average Bonchev–Trinajstić information content (AvgIpc) is 3.33. The molecule has 2 aromatic carbocycles. The van der Waals surface area contributed by atoms with Crippen LogP contribution in [-0.2, 0) is 22.1 Å². The van der Waals surface area contributed by atoms with Crippen molar-refractivity contribution in [2.45, 2.75) is 25.6 Å². The Morgan fingerprint density at radius 2 is 2.00 bits per heavy atom. The van der Waals surface area contributed by atoms with Gasteiger partial charge in [-0.1, -0.05) is 12.1 Å². The van der Waals surface area contributed by atoms with E-state index in [-0.39, 0.29) is 22.9 Å². The van der Waals surface area contributed by atoms with Gasteiger partial charge < -0.3 is 15.0 Å². The number of carbonyl (C=O) groups excluding carboxylic acids is 1. The quantitative estimate of drug-likeness (QED) is 0.389. The van der Waals surface area contributed by atoms with E-state index in [9.17, 15) is 28.0 Å². The standard InChI is InChI=1S/C29H30F3N7O3/c1-17-24(26(40)42-3)25(23-8-7-18(13-33)11-20(23)9-10-37-15-19(16-37)14-34-2)39-27(35-36-28(39)41)38(17)22-6-4-5-21(12-22)29(30,31)32/h4-8,11-12,19,25,34H,9-10,14-16H2,1-3H3,(H,36,41)/t25-/m1/s1. The number of methoxy groups -OCH3 is 1. The number of nitrogens with zero attached hydrogens (tertiary/aromatic N) is 5. The smallest absolute Gasteiger partial charge is 0.416 e. The number of nitriles is 1. The lowest BCUT2D eigenvalue weighted by Gasteiger charge is -2.39. The van der Waals surface area contributed by atoms with Gasteiger partial charge in [-0.25, -0.2) is 19.3 Å². The van der Waals surface area contributed by atoms with Crippen LogP contribution in [0.3, 0.4) is 0 Å². The van der Waals surface area contributed by atoms with E-state index >= 15 is 0 Å². The number of likely N-dealkylation sites (tertiary alicyclic amines) is 1. The highest BCUT2D eigenvalue weighted by Crippen LogP contribution is 2.43. The van der Waals surface area contributed by atoms with Gasteiger partial charge in [0.2, 0.25) is 5.95 Å². The Hall–Kier alpha value is -4.41. The number of H-pyrrole nitrogens is 1. The minimum absolute atomic E-state index is 0.0161. The molecule has 2 aliphatic heterocycles. The maximum atomic E-state index is 13.6. The number of fused-ring (bicyclic) bond motifs is 1. The van der Waals surface area contributed by atoms with Crippen molar-refractivity contribution in [2.75, 3.05) is 45.2 Å². The van der Waals surface area contributed by atoms with Gasteiger partial charge in [-0.3, -0.25) is 4.90 Å². The van der Waals surface area contributed by atoms with Crippen LogP contribution in [0.2, 0.25) is 0 Å². The predicted molar refractivity (Wildman–Crippen MR) is 148 cm³/mol. The Balaban J connectivity index is 1.63. The summed E-state index contributed by atoms with van der Waals surface area (Å²) in [6.45, 7) is 5.07. The number of rotatable bonds is 8. The molecule has 0 aliphatic carbocycles. The number of benzene rings is 2. The third-order valence-corrected chi connectivity index (χ3v) is 7.77. The molecule has 3 heterocycles. The zero-order valence-electron chi connectivity index (χ0n) is 23.3. The summed E-state index contributed by atoms with van der Waals surface area (Å²) in [6, 6.07) is 10.8. The minimum Gasteiger partial charge on any atom is -0.466 e. The first kappa shape index (κ1) is 29.1. The van der Waals surface area contributed by atoms with E-state index in [0.29, 0.717) is 30.0 Å². The van der Waals surface area contributed by atoms with Crippen molar-refractivity contribution >= 4 is 17.6 Å². The van der Waals surface area contributed by atoms with E-state index in [1.165, 1.54) is 28.7 Å². The third-order valence-electron chi connectivity index (χ3n) is 7.77. The monoisotopic (exact) mass is 581 g/mol. The maximum Gasteiger partial charge on any atom is 0.416 e. The van der Waals surface area contributed by atoms with Gasteiger partial charge in [0.05, 0.1) is 29.9 Å². The van der Waals surface area contributed by atoms with E-state index < -0.39 is 29.4 Å². The van der Waals surface area contributed by atoms with Crippen LogP contribution in [-0.4, -0.2) is 66.0 Å². The molecule has 0 radical (unpaired) electrons. The second kappa shape index (κ2) is 11.5. The number of alkyl halides is 3. The molecule has 5 rings (SSSR count). The van der Waals surface area contributed by atoms with Gasteiger partial charge in [0.15, 0.2) is 0 Å². The van der Waals surface area contributed by atoms with E-state index in [0.717, 1.165) is 37.3 Å². The van der Waals surface area contributed by atoms with Crippen molar-refractivity contribution in [2.24, 2.45) is 5.92 Å². The van der Waals surface area contributed by atoms with E-state index in [1.54, 1.807) is 25.1 Å². The third kappa shape index (κ3) is 5.31. The number of halogens is 3. The van der Waals surface area contributed by atoms with Gasteiger partial charge in [-0.2, -0.15) is 18.4 Å². The summed E-state index contributed by atoms with van der Waals surface area (Å²) in [5.74, 6) is -0.174. The summed E-state index contributed by atoms with van der Waals surface area (Å²) < 4.78 is 47.1. The second-order valence-electron chi connectivity index (χ2n) is 10.4. The van der Waals surface area contributed by atoms with Crippen molar-refractivity contribution in [1.82, 2.24) is 25.0 Å². The van der Waals surface area contributed by atoms with Crippen LogP contribution in [0.25, 0.3) is 0 Å². The Bertz CT molecular complexity index is 1630. The number of nitrogens with one attached hydrogen (secondary N) is 2. The molecular formula is C29H30F3N7O3. The van der Waals surface area contributed by atoms with Crippen LogP contribution in [0, 0.1) is 17.2 Å². The highest BCUT2D eigenvalue weighted by molar-refractivity contribution is 5.93. The van der Waals surface area contributed by atoms with Gasteiger partial charge in [0, 0.05) is 37.6 Å². The van der Waals surface area contributed by atoms with E-state index in [2.05, 4.69) is 26.5 Å². The molecule has 3 aromatic rings. The first-order chi connectivity index (χ1) is 20.1. The molecule has 13 heteroatoms. The lowest BCUT2D eigenvalue weighted by atomic mass is 9.88. The van der Waals surface area contributed by atoms with Gasteiger partial charge in [-0.15, -0.1) is 5.10 Å². The summed E-state index contributed by atoms with van der Waals surface area (Å²) in [4.78, 5) is 30.3. The normalized spacial score (nSPS) is 17.5. The van der Waals surface area contributed by atoms with Crippen LogP contribution >= 0.6 is 0 Å². The van der Waals surface area contributed by atoms with Crippen LogP contribution in [0.5, 0.6) is 0 Å². The number of aromatic amines is 1. The first-order valence-corrected chi connectivity index (χ1v) is 13.4. The second-order valence-corrected chi connectivity index (χ2v) is 10.4. The Morgan fingerprint density at radius 1 is 1.24 bits per heavy atom. The maximum absolute atomic E-state index is 13.6. The number of ether oxygens (including phenoxy) is 1. The number of aromatic nitrogens is 3. The van der Waals surface area contributed by atoms with Gasteiger partial charge >= 0.3 is 17.8 Å². The molecule has 1 aromatic heterocycles. The van der Waals surface area contributed by atoms with Gasteiger partial charge in [0.25, 0.3) is 0 Å². The molecule has 1 atom stereocenters. The molecule has 0 bridgehead atoms. The highest BCUT2D eigenvalue weighted by Gasteiger charge is 2.41. The van der Waals surface area contributed by atoms with Crippen LogP contribution in [0.4, 0.5) is 24.8 Å². The average molecular weight is 582 g/mol. The molecule has 220 valence electrons. The predicted octanol–water partition coefficient (Wildman–Crippen LogP) is 3.34. The van der Waals surface area contributed by atoms with Crippen LogP contribution < -0.4 is 15.9 Å². The van der Waals surface area contributed by atoms with Crippen LogP contribution in [0.15, 0.2) is 58.5 Å². The van der Waals surface area contributed by atoms with E-state index in [4.69, 9.17) is 4.74 Å². The zero-order valence-corrected chi connectivity index (χ0v) is 23.3. The number of allylic oxidation sites excluding steroid dienone is 1. The fourth-order valence-electron chi connectivity index (χ4n) is 5.79. The molecule has 0 saturated carbocycles. The highest BCUT2D eigenvalue weighted by atomic mass is 19.4. The molecule has 42 heavy (non-hydrogen) atoms. The number of hydrogen-bond acceptors (Lipinski definition) is 8. The van der Waals surface area contributed by atoms with E-state index in [1.807, 2.05) is 7.05 Å². The van der Waals surface area contributed by atoms with Gasteiger partial charge in [0.1, 0.15) is 6.04 Å². The van der Waals surface area contributed by atoms with Crippen molar-refractivity contribution in [3.8, 4) is 6.07 Å². The molecule has 0 unspecified atom stereocenters. The number of anilines is 2. The summed E-state index contributed by atoms with van der Waals surface area (Å²) in [5.41, 5.74) is 0.611. The van der Waals surface area contributed by atoms with Crippen molar-refractivity contribution in [3.05, 3.63) is 86.5 Å². The summed E-state index contributed by atoms with van der Waals surface area (Å²) in [7, 11) is 3.12. The molecule has 0 amide bonds. The number of carbonyl (C=O) groups is 1. The minimum atomic E-state index is -4.61. The Morgan fingerprint density at radius 3 is 2.67 bits per heavy atom. The Labute approximate surface area is 240 Å². The van der Waals surface area contributed by atoms with Crippen molar-refractivity contribution < 1.29 is 22.7 Å². The zero-order chi connectivity index (χ0) is 30.2. The molecule has 0 spiro atoms. The molecule has 2 N–H and O–H groups in total. The number of esters is 1. The molecule has 2 aliphatic rings. The van der Waals surface area contributed by atoms with Crippen LogP contribution in [0.1, 0.15) is 35.2 Å². The lowest BCUT2D eigenvalue weighted by Crippen LogP contribution is -2.50.